The molecule has 10 heteroatoms. The second kappa shape index (κ2) is 15.7. The number of fused-ring (bicyclic) bond motifs is 3. The first-order chi connectivity index (χ1) is 18.5. The summed E-state index contributed by atoms with van der Waals surface area (Å²) < 4.78 is 15.9. The number of carboxylic acid groups (broad SMARTS) is 1. The van der Waals surface area contributed by atoms with Crippen molar-refractivity contribution in [1.82, 2.24) is 10.6 Å². The summed E-state index contributed by atoms with van der Waals surface area (Å²) >= 11 is 0. The average molecular weight is 528 g/mol. The van der Waals surface area contributed by atoms with Crippen LogP contribution in [0.3, 0.4) is 0 Å². The van der Waals surface area contributed by atoms with Gasteiger partial charge in [-0.15, -0.1) is 0 Å². The van der Waals surface area contributed by atoms with Crippen molar-refractivity contribution in [2.45, 2.75) is 37.6 Å². The Kier molecular flexibility index (Phi) is 12.0. The summed E-state index contributed by atoms with van der Waals surface area (Å²) in [5.41, 5.74) is 10.6. The number of nitrogens with one attached hydrogen (secondary N) is 2. The van der Waals surface area contributed by atoms with Crippen molar-refractivity contribution in [3.05, 3.63) is 59.7 Å². The summed E-state index contributed by atoms with van der Waals surface area (Å²) in [6.07, 6.45) is 1.36. The molecule has 5 N–H and O–H groups in total. The van der Waals surface area contributed by atoms with E-state index in [2.05, 4.69) is 34.9 Å². The molecule has 0 aliphatic heterocycles. The predicted octanol–water partition coefficient (Wildman–Crippen LogP) is 2.65. The van der Waals surface area contributed by atoms with Crippen molar-refractivity contribution in [1.29, 1.82) is 0 Å². The average Bonchev–Trinajstić information content (AvgIpc) is 3.24. The third-order valence-corrected chi connectivity index (χ3v) is 6.27. The largest absolute Gasteiger partial charge is 0.481 e. The molecular weight excluding hydrogens is 490 g/mol. The molecule has 0 heterocycles. The van der Waals surface area contributed by atoms with Crippen LogP contribution in [-0.4, -0.2) is 75.2 Å². The summed E-state index contributed by atoms with van der Waals surface area (Å²) in [6, 6.07) is 15.8. The van der Waals surface area contributed by atoms with Crippen molar-refractivity contribution in [2.75, 3.05) is 46.1 Å². The van der Waals surface area contributed by atoms with E-state index in [1.807, 2.05) is 24.3 Å². The van der Waals surface area contributed by atoms with Crippen molar-refractivity contribution >= 4 is 18.0 Å². The summed E-state index contributed by atoms with van der Waals surface area (Å²) in [6.45, 7) is 2.10. The van der Waals surface area contributed by atoms with E-state index in [1.165, 1.54) is 22.3 Å². The highest BCUT2D eigenvalue weighted by Gasteiger charge is 2.28. The van der Waals surface area contributed by atoms with Crippen LogP contribution >= 0.6 is 0 Å². The molecule has 0 fully saturated rings. The number of carbonyl (C=O) groups excluding carboxylic acids is 2. The number of ether oxygens (including phenoxy) is 3. The highest BCUT2D eigenvalue weighted by molar-refractivity contribution is 5.81. The number of hydrogen-bond donors (Lipinski definition) is 4. The topological polar surface area (TPSA) is 149 Å². The molecule has 0 saturated carbocycles. The number of aliphatic carboxylic acids is 1. The van der Waals surface area contributed by atoms with Crippen molar-refractivity contribution < 1.29 is 33.7 Å². The zero-order valence-electron chi connectivity index (χ0n) is 21.5. The lowest BCUT2D eigenvalue weighted by atomic mass is 9.98. The first-order valence-corrected chi connectivity index (χ1v) is 13.0. The van der Waals surface area contributed by atoms with Crippen molar-refractivity contribution in [3.63, 3.8) is 0 Å². The SMILES string of the molecule is NC(CCCCNC(=O)OCC1c2ccccc2-c2ccccc21)C(=O)NCCOCCOCCC(=O)O. The van der Waals surface area contributed by atoms with Crippen LogP contribution in [0.15, 0.2) is 48.5 Å². The van der Waals surface area contributed by atoms with Gasteiger partial charge in [-0.3, -0.25) is 9.59 Å². The molecule has 0 spiro atoms. The minimum atomic E-state index is -0.906. The maximum atomic E-state index is 12.2. The Hall–Kier alpha value is -3.47. The molecule has 1 unspecified atom stereocenters. The normalized spacial score (nSPS) is 12.9. The highest BCUT2D eigenvalue weighted by atomic mass is 16.5. The number of hydrogen-bond acceptors (Lipinski definition) is 7. The molecule has 0 saturated heterocycles. The first-order valence-electron chi connectivity index (χ1n) is 13.0. The lowest BCUT2D eigenvalue weighted by molar-refractivity contribution is -0.138. The molecule has 1 aliphatic rings. The van der Waals surface area contributed by atoms with Crippen LogP contribution in [0.25, 0.3) is 11.1 Å². The Balaban J connectivity index is 1.21. The number of amides is 2. The number of carboxylic acids is 1. The lowest BCUT2D eigenvalue weighted by Crippen LogP contribution is -2.41. The van der Waals surface area contributed by atoms with E-state index >= 15 is 0 Å². The van der Waals surface area contributed by atoms with Crippen LogP contribution in [0, 0.1) is 0 Å². The predicted molar refractivity (Wildman–Crippen MR) is 142 cm³/mol. The van der Waals surface area contributed by atoms with Crippen LogP contribution in [-0.2, 0) is 23.8 Å². The molecule has 10 nitrogen and oxygen atoms in total. The Labute approximate surface area is 222 Å². The van der Waals surface area contributed by atoms with Gasteiger partial charge in [0, 0.05) is 19.0 Å². The molecule has 0 bridgehead atoms. The number of rotatable bonds is 17. The molecule has 1 atom stereocenters. The fraction of sp³-hybridized carbons (Fsp3) is 0.464. The van der Waals surface area contributed by atoms with E-state index in [-0.39, 0.29) is 31.5 Å². The minimum absolute atomic E-state index is 0.0206. The van der Waals surface area contributed by atoms with Crippen LogP contribution in [0.1, 0.15) is 42.7 Å². The smallest absolute Gasteiger partial charge is 0.407 e. The van der Waals surface area contributed by atoms with Gasteiger partial charge in [-0.2, -0.15) is 0 Å². The van der Waals surface area contributed by atoms with Crippen LogP contribution in [0.4, 0.5) is 4.79 Å². The maximum absolute atomic E-state index is 12.2. The molecule has 206 valence electrons. The van der Waals surface area contributed by atoms with Crippen LogP contribution in [0.2, 0.25) is 0 Å². The molecule has 2 aromatic rings. The van der Waals surface area contributed by atoms with Gasteiger partial charge in [0.1, 0.15) is 6.61 Å². The van der Waals surface area contributed by atoms with Gasteiger partial charge in [0.15, 0.2) is 0 Å². The first kappa shape index (κ1) is 29.1. The highest BCUT2D eigenvalue weighted by Crippen LogP contribution is 2.44. The molecular formula is C28H37N3O7. The van der Waals surface area contributed by atoms with E-state index in [4.69, 9.17) is 25.1 Å². The van der Waals surface area contributed by atoms with Gasteiger partial charge in [0.05, 0.1) is 38.9 Å². The van der Waals surface area contributed by atoms with E-state index < -0.39 is 18.1 Å². The fourth-order valence-corrected chi connectivity index (χ4v) is 4.32. The standard InChI is InChI=1S/C28H37N3O7/c29-25(27(34)30-14-16-37-18-17-36-15-12-26(32)33)11-5-6-13-31-28(35)38-19-24-22-9-3-1-7-20(22)21-8-2-4-10-23(21)24/h1-4,7-10,24-25H,5-6,11-19,29H2,(H,30,34)(H,31,35)(H,32,33). The molecule has 1 aliphatic carbocycles. The zero-order valence-corrected chi connectivity index (χ0v) is 21.5. The minimum Gasteiger partial charge on any atom is -0.481 e. The van der Waals surface area contributed by atoms with E-state index in [0.29, 0.717) is 52.2 Å². The van der Waals surface area contributed by atoms with E-state index in [1.54, 1.807) is 0 Å². The fourth-order valence-electron chi connectivity index (χ4n) is 4.32. The maximum Gasteiger partial charge on any atom is 0.407 e. The molecule has 0 aromatic heterocycles. The summed E-state index contributed by atoms with van der Waals surface area (Å²) in [4.78, 5) is 34.7. The van der Waals surface area contributed by atoms with Gasteiger partial charge < -0.3 is 35.7 Å². The van der Waals surface area contributed by atoms with Crippen LogP contribution in [0.5, 0.6) is 0 Å². The third-order valence-electron chi connectivity index (χ3n) is 6.27. The molecule has 0 radical (unpaired) electrons. The number of nitrogens with two attached hydrogens (primary N) is 1. The number of alkyl carbamates (subject to hydrolysis) is 1. The number of benzene rings is 2. The van der Waals surface area contributed by atoms with Gasteiger partial charge in [-0.1, -0.05) is 48.5 Å². The Morgan fingerprint density at radius 2 is 1.47 bits per heavy atom. The van der Waals surface area contributed by atoms with Crippen LogP contribution < -0.4 is 16.4 Å². The Bertz CT molecular complexity index is 1020. The monoisotopic (exact) mass is 527 g/mol. The Morgan fingerprint density at radius 3 is 2.13 bits per heavy atom. The van der Waals surface area contributed by atoms with Gasteiger partial charge in [-0.05, 0) is 41.5 Å². The van der Waals surface area contributed by atoms with Gasteiger partial charge in [0.2, 0.25) is 5.91 Å². The summed E-state index contributed by atoms with van der Waals surface area (Å²) in [7, 11) is 0. The zero-order chi connectivity index (χ0) is 27.2. The second-order valence-corrected chi connectivity index (χ2v) is 9.01. The molecule has 2 amide bonds. The summed E-state index contributed by atoms with van der Waals surface area (Å²) in [5.74, 6) is -1.14. The van der Waals surface area contributed by atoms with E-state index in [9.17, 15) is 14.4 Å². The van der Waals surface area contributed by atoms with Gasteiger partial charge in [-0.25, -0.2) is 4.79 Å². The van der Waals surface area contributed by atoms with Crippen molar-refractivity contribution in [3.8, 4) is 11.1 Å². The van der Waals surface area contributed by atoms with E-state index in [0.717, 1.165) is 0 Å². The quantitative estimate of drug-likeness (QED) is 0.229. The third kappa shape index (κ3) is 9.13. The molecule has 38 heavy (non-hydrogen) atoms. The lowest BCUT2D eigenvalue weighted by Gasteiger charge is -2.15. The number of unbranched alkanes of at least 4 members (excludes halogenated alkanes) is 1. The van der Waals surface area contributed by atoms with Gasteiger partial charge in [0.25, 0.3) is 0 Å². The molecule has 2 aromatic carbocycles. The number of carbonyl (C=O) groups is 3. The van der Waals surface area contributed by atoms with Crippen molar-refractivity contribution in [2.24, 2.45) is 5.73 Å². The molecule has 3 rings (SSSR count). The Morgan fingerprint density at radius 1 is 0.842 bits per heavy atom. The summed E-state index contributed by atoms with van der Waals surface area (Å²) in [5, 5.41) is 14.0. The van der Waals surface area contributed by atoms with Gasteiger partial charge >= 0.3 is 12.1 Å². The second-order valence-electron chi connectivity index (χ2n) is 9.01.